The number of amides is 1. The zero-order valence-electron chi connectivity index (χ0n) is 13.5. The van der Waals surface area contributed by atoms with E-state index in [0.717, 1.165) is 5.52 Å². The lowest BCUT2D eigenvalue weighted by molar-refractivity contribution is -0.123. The third-order valence-corrected chi connectivity index (χ3v) is 4.53. The molecular weight excluding hydrogens is 399 g/mol. The van der Waals surface area contributed by atoms with E-state index < -0.39 is 18.0 Å². The molecule has 1 atom stereocenters. The van der Waals surface area contributed by atoms with Gasteiger partial charge in [-0.2, -0.15) is 0 Å². The molecule has 0 bridgehead atoms. The lowest BCUT2D eigenvalue weighted by atomic mass is 10.2. The van der Waals surface area contributed by atoms with E-state index in [1.165, 1.54) is 19.1 Å². The van der Waals surface area contributed by atoms with Crippen molar-refractivity contribution in [2.45, 2.75) is 13.0 Å². The van der Waals surface area contributed by atoms with Crippen LogP contribution in [0.1, 0.15) is 17.3 Å². The maximum atomic E-state index is 12.4. The smallest absolute Gasteiger partial charge is 0.341 e. The predicted molar refractivity (Wildman–Crippen MR) is 103 cm³/mol. The number of hydrogen-bond donors (Lipinski definition) is 2. The van der Waals surface area contributed by atoms with Gasteiger partial charge in [-0.15, -0.1) is 0 Å². The number of aromatic amines is 1. The molecule has 3 rings (SSSR count). The molecule has 2 aromatic carbocycles. The number of anilines is 1. The summed E-state index contributed by atoms with van der Waals surface area (Å²) in [6.07, 6.45) is 0.490. The van der Waals surface area contributed by atoms with Crippen LogP contribution in [-0.4, -0.2) is 23.0 Å². The summed E-state index contributed by atoms with van der Waals surface area (Å²) >= 11 is 17.9. The van der Waals surface area contributed by atoms with Gasteiger partial charge in [-0.25, -0.2) is 4.79 Å². The van der Waals surface area contributed by atoms with E-state index in [9.17, 15) is 9.59 Å². The number of aromatic nitrogens is 1. The third-order valence-electron chi connectivity index (χ3n) is 3.72. The molecule has 134 valence electrons. The minimum atomic E-state index is -1.06. The number of carbonyl (C=O) groups is 2. The van der Waals surface area contributed by atoms with E-state index in [4.69, 9.17) is 39.5 Å². The molecular formula is C18H13Cl3N2O3. The van der Waals surface area contributed by atoms with Crippen LogP contribution in [0.15, 0.2) is 42.6 Å². The Morgan fingerprint density at radius 2 is 1.77 bits per heavy atom. The number of carbonyl (C=O) groups excluding carboxylic acids is 2. The number of rotatable bonds is 4. The molecule has 0 radical (unpaired) electrons. The highest BCUT2D eigenvalue weighted by atomic mass is 35.5. The highest BCUT2D eigenvalue weighted by Crippen LogP contribution is 2.33. The van der Waals surface area contributed by atoms with Gasteiger partial charge in [0.15, 0.2) is 6.10 Å². The van der Waals surface area contributed by atoms with E-state index in [1.807, 2.05) is 18.2 Å². The number of fused-ring (bicyclic) bond motifs is 1. The second-order valence-corrected chi connectivity index (χ2v) is 6.78. The maximum absolute atomic E-state index is 12.4. The lowest BCUT2D eigenvalue weighted by Crippen LogP contribution is -2.30. The van der Waals surface area contributed by atoms with Crippen LogP contribution in [0.25, 0.3) is 10.9 Å². The van der Waals surface area contributed by atoms with Crippen LogP contribution in [0, 0.1) is 0 Å². The number of nitrogens with one attached hydrogen (secondary N) is 2. The first-order valence-electron chi connectivity index (χ1n) is 7.59. The van der Waals surface area contributed by atoms with Crippen molar-refractivity contribution in [3.63, 3.8) is 0 Å². The summed E-state index contributed by atoms with van der Waals surface area (Å²) < 4.78 is 5.26. The first kappa shape index (κ1) is 18.6. The van der Waals surface area contributed by atoms with Crippen molar-refractivity contribution in [3.8, 4) is 0 Å². The van der Waals surface area contributed by atoms with Crippen molar-refractivity contribution in [3.05, 3.63) is 63.2 Å². The highest BCUT2D eigenvalue weighted by molar-refractivity contribution is 6.42. The molecule has 0 spiro atoms. The fourth-order valence-electron chi connectivity index (χ4n) is 2.40. The third kappa shape index (κ3) is 3.80. The van der Waals surface area contributed by atoms with Crippen LogP contribution < -0.4 is 5.32 Å². The topological polar surface area (TPSA) is 71.2 Å². The van der Waals surface area contributed by atoms with E-state index in [0.29, 0.717) is 16.0 Å². The van der Waals surface area contributed by atoms with Crippen molar-refractivity contribution in [2.75, 3.05) is 5.32 Å². The molecule has 1 heterocycles. The summed E-state index contributed by atoms with van der Waals surface area (Å²) in [6, 6.07) is 10.2. The number of esters is 1. The fraction of sp³-hybridized carbons (Fsp3) is 0.111. The average molecular weight is 412 g/mol. The minimum Gasteiger partial charge on any atom is -0.449 e. The van der Waals surface area contributed by atoms with Crippen LogP contribution in [-0.2, 0) is 9.53 Å². The first-order chi connectivity index (χ1) is 12.4. The van der Waals surface area contributed by atoms with Gasteiger partial charge in [-0.3, -0.25) is 4.79 Å². The predicted octanol–water partition coefficient (Wildman–Crippen LogP) is 5.31. The van der Waals surface area contributed by atoms with Gasteiger partial charge in [-0.05, 0) is 25.1 Å². The zero-order valence-corrected chi connectivity index (χ0v) is 15.7. The summed E-state index contributed by atoms with van der Waals surface area (Å²) in [5.41, 5.74) is 1.36. The SMILES string of the molecule is C[C@H](OC(=O)c1c[nH]c2ccccc12)C(=O)Nc1c(Cl)cc(Cl)cc1Cl. The van der Waals surface area contributed by atoms with Gasteiger partial charge >= 0.3 is 5.97 Å². The summed E-state index contributed by atoms with van der Waals surface area (Å²) in [6.45, 7) is 1.46. The summed E-state index contributed by atoms with van der Waals surface area (Å²) in [5, 5.41) is 3.98. The molecule has 5 nitrogen and oxygen atoms in total. The number of halogens is 3. The Balaban J connectivity index is 1.72. The quantitative estimate of drug-likeness (QED) is 0.571. The van der Waals surface area contributed by atoms with Crippen molar-refractivity contribution < 1.29 is 14.3 Å². The Morgan fingerprint density at radius 3 is 2.46 bits per heavy atom. The van der Waals surface area contributed by atoms with Crippen LogP contribution in [0.5, 0.6) is 0 Å². The molecule has 0 unspecified atom stereocenters. The number of benzene rings is 2. The molecule has 0 aliphatic heterocycles. The molecule has 0 saturated carbocycles. The van der Waals surface area contributed by atoms with Gasteiger partial charge in [0.2, 0.25) is 0 Å². The fourth-order valence-corrected chi connectivity index (χ4v) is 3.32. The molecule has 1 aromatic heterocycles. The lowest BCUT2D eigenvalue weighted by Gasteiger charge is -2.15. The summed E-state index contributed by atoms with van der Waals surface area (Å²) in [4.78, 5) is 27.7. The Kier molecular flexibility index (Phi) is 5.41. The average Bonchev–Trinajstić information content (AvgIpc) is 3.02. The maximum Gasteiger partial charge on any atom is 0.341 e. The second-order valence-electron chi connectivity index (χ2n) is 5.53. The molecule has 2 N–H and O–H groups in total. The summed E-state index contributed by atoms with van der Waals surface area (Å²) in [5.74, 6) is -1.18. The van der Waals surface area contributed by atoms with Crippen LogP contribution >= 0.6 is 34.8 Å². The molecule has 8 heteroatoms. The molecule has 0 aliphatic rings. The largest absolute Gasteiger partial charge is 0.449 e. The second kappa shape index (κ2) is 7.58. The molecule has 0 saturated heterocycles. The molecule has 26 heavy (non-hydrogen) atoms. The highest BCUT2D eigenvalue weighted by Gasteiger charge is 2.22. The molecule has 3 aromatic rings. The van der Waals surface area contributed by atoms with Gasteiger partial charge < -0.3 is 15.0 Å². The van der Waals surface area contributed by atoms with E-state index >= 15 is 0 Å². The van der Waals surface area contributed by atoms with Crippen molar-refractivity contribution in [1.82, 2.24) is 4.98 Å². The Hall–Kier alpha value is -2.21. The van der Waals surface area contributed by atoms with Gasteiger partial charge in [0.05, 0.1) is 21.3 Å². The Bertz CT molecular complexity index is 977. The van der Waals surface area contributed by atoms with Gasteiger partial charge in [0.25, 0.3) is 5.91 Å². The molecule has 0 aliphatic carbocycles. The number of H-pyrrole nitrogens is 1. The van der Waals surface area contributed by atoms with Crippen molar-refractivity contribution >= 4 is 63.3 Å². The monoisotopic (exact) mass is 410 g/mol. The Morgan fingerprint density at radius 1 is 1.12 bits per heavy atom. The van der Waals surface area contributed by atoms with Gasteiger partial charge in [0, 0.05) is 22.1 Å². The standard InChI is InChI=1S/C18H13Cl3N2O3/c1-9(17(24)23-16-13(20)6-10(19)7-14(16)21)26-18(25)12-8-22-15-5-3-2-4-11(12)15/h2-9,22H,1H3,(H,23,24)/t9-/m0/s1. The zero-order chi connectivity index (χ0) is 18.8. The van der Waals surface area contributed by atoms with Crippen LogP contribution in [0.3, 0.4) is 0 Å². The van der Waals surface area contributed by atoms with E-state index in [2.05, 4.69) is 10.3 Å². The van der Waals surface area contributed by atoms with Crippen molar-refractivity contribution in [1.29, 1.82) is 0 Å². The molecule has 1 amide bonds. The van der Waals surface area contributed by atoms with Crippen LogP contribution in [0.2, 0.25) is 15.1 Å². The van der Waals surface area contributed by atoms with E-state index in [-0.39, 0.29) is 15.7 Å². The van der Waals surface area contributed by atoms with Gasteiger partial charge in [0.1, 0.15) is 0 Å². The number of hydrogen-bond acceptors (Lipinski definition) is 3. The van der Waals surface area contributed by atoms with Crippen molar-refractivity contribution in [2.24, 2.45) is 0 Å². The minimum absolute atomic E-state index is 0.186. The number of para-hydroxylation sites is 1. The van der Waals surface area contributed by atoms with Gasteiger partial charge in [-0.1, -0.05) is 53.0 Å². The number of ether oxygens (including phenoxy) is 1. The normalized spacial score (nSPS) is 12.0. The van der Waals surface area contributed by atoms with Crippen LogP contribution in [0.4, 0.5) is 5.69 Å². The Labute approximate surface area is 164 Å². The first-order valence-corrected chi connectivity index (χ1v) is 8.72. The van der Waals surface area contributed by atoms with E-state index in [1.54, 1.807) is 12.3 Å². The summed E-state index contributed by atoms with van der Waals surface area (Å²) in [7, 11) is 0. The molecule has 0 fully saturated rings.